The van der Waals surface area contributed by atoms with Gasteiger partial charge in [0, 0.05) is 34.6 Å². The van der Waals surface area contributed by atoms with Crippen LogP contribution in [0.3, 0.4) is 0 Å². The molecule has 0 aromatic heterocycles. The summed E-state index contributed by atoms with van der Waals surface area (Å²) in [6.07, 6.45) is 1.73. The molecule has 2 aromatic rings. The van der Waals surface area contributed by atoms with Gasteiger partial charge in [0.2, 0.25) is 5.91 Å². The molecule has 0 bridgehead atoms. The van der Waals surface area contributed by atoms with Crippen LogP contribution in [0.25, 0.3) is 0 Å². The number of amides is 1. The largest absolute Gasteiger partial charge is 0.352 e. The summed E-state index contributed by atoms with van der Waals surface area (Å²) < 4.78 is 0. The first kappa shape index (κ1) is 19.2. The minimum atomic E-state index is 0.0805. The molecule has 1 amide bonds. The Hall–Kier alpha value is -1.55. The Kier molecular flexibility index (Phi) is 6.58. The van der Waals surface area contributed by atoms with Crippen LogP contribution in [0.1, 0.15) is 29.5 Å². The smallest absolute Gasteiger partial charge is 0.223 e. The van der Waals surface area contributed by atoms with Gasteiger partial charge in [-0.15, -0.1) is 0 Å². The quantitative estimate of drug-likeness (QED) is 0.792. The van der Waals surface area contributed by atoms with Crippen LogP contribution >= 0.6 is 23.2 Å². The number of benzene rings is 2. The molecule has 0 atom stereocenters. The average molecular weight is 391 g/mol. The van der Waals surface area contributed by atoms with Crippen molar-refractivity contribution in [2.24, 2.45) is 5.92 Å². The third-order valence-corrected chi connectivity index (χ3v) is 5.82. The third kappa shape index (κ3) is 4.79. The Morgan fingerprint density at radius 3 is 2.38 bits per heavy atom. The normalized spacial score (nSPS) is 15.8. The molecule has 3 rings (SSSR count). The number of rotatable bonds is 5. The Labute approximate surface area is 165 Å². The van der Waals surface area contributed by atoms with Gasteiger partial charge in [-0.25, -0.2) is 0 Å². The first-order chi connectivity index (χ1) is 12.5. The van der Waals surface area contributed by atoms with Crippen molar-refractivity contribution in [3.8, 4) is 0 Å². The number of halogens is 2. The highest BCUT2D eigenvalue weighted by molar-refractivity contribution is 6.35. The van der Waals surface area contributed by atoms with E-state index in [1.165, 1.54) is 11.1 Å². The van der Waals surface area contributed by atoms with Gasteiger partial charge in [-0.3, -0.25) is 9.69 Å². The summed E-state index contributed by atoms with van der Waals surface area (Å²) in [7, 11) is 0. The van der Waals surface area contributed by atoms with Crippen LogP contribution in [-0.4, -0.2) is 23.9 Å². The van der Waals surface area contributed by atoms with E-state index in [0.717, 1.165) is 38.0 Å². The Bertz CT molecular complexity index is 750. The molecule has 0 aliphatic carbocycles. The molecule has 1 aliphatic rings. The van der Waals surface area contributed by atoms with Crippen molar-refractivity contribution in [3.05, 3.63) is 69.2 Å². The zero-order chi connectivity index (χ0) is 18.5. The van der Waals surface area contributed by atoms with Gasteiger partial charge in [0.25, 0.3) is 0 Å². The minimum Gasteiger partial charge on any atom is -0.352 e. The van der Waals surface area contributed by atoms with Crippen molar-refractivity contribution in [1.29, 1.82) is 0 Å². The van der Waals surface area contributed by atoms with Gasteiger partial charge < -0.3 is 5.32 Å². The highest BCUT2D eigenvalue weighted by Gasteiger charge is 2.25. The zero-order valence-corrected chi connectivity index (χ0v) is 16.5. The van der Waals surface area contributed by atoms with E-state index < -0.39 is 0 Å². The predicted octanol–water partition coefficient (Wildman–Crippen LogP) is 4.83. The number of hydrogen-bond donors (Lipinski definition) is 1. The van der Waals surface area contributed by atoms with E-state index in [-0.39, 0.29) is 11.8 Å². The first-order valence-corrected chi connectivity index (χ1v) is 9.77. The molecule has 1 saturated heterocycles. The van der Waals surface area contributed by atoms with Crippen molar-refractivity contribution >= 4 is 29.1 Å². The maximum absolute atomic E-state index is 12.5. The minimum absolute atomic E-state index is 0.0805. The summed E-state index contributed by atoms with van der Waals surface area (Å²) in [5, 5.41) is 4.50. The van der Waals surface area contributed by atoms with Crippen LogP contribution in [0.4, 0.5) is 0 Å². The molecule has 5 heteroatoms. The number of carbonyl (C=O) groups is 1. The van der Waals surface area contributed by atoms with Gasteiger partial charge in [0.15, 0.2) is 0 Å². The van der Waals surface area contributed by atoms with Crippen LogP contribution in [0.5, 0.6) is 0 Å². The molecule has 1 aliphatic heterocycles. The van der Waals surface area contributed by atoms with E-state index in [4.69, 9.17) is 23.2 Å². The van der Waals surface area contributed by atoms with E-state index in [0.29, 0.717) is 16.6 Å². The second-order valence-corrected chi connectivity index (χ2v) is 7.71. The summed E-state index contributed by atoms with van der Waals surface area (Å²) in [6, 6.07) is 13.8. The predicted molar refractivity (Wildman–Crippen MR) is 107 cm³/mol. The lowest BCUT2D eigenvalue weighted by atomic mass is 9.95. The topological polar surface area (TPSA) is 32.3 Å². The standard InChI is InChI=1S/C21H24Cl2N2O/c1-15-5-2-3-6-17(15)13-24-21(26)16-9-11-25(12-10-16)14-18-19(22)7-4-8-20(18)23/h2-8,16H,9-14H2,1H3,(H,24,26). The van der Waals surface area contributed by atoms with Gasteiger partial charge in [0.1, 0.15) is 0 Å². The fourth-order valence-electron chi connectivity index (χ4n) is 3.40. The van der Waals surface area contributed by atoms with Crippen molar-refractivity contribution in [2.45, 2.75) is 32.9 Å². The Morgan fingerprint density at radius 2 is 1.73 bits per heavy atom. The lowest BCUT2D eigenvalue weighted by Crippen LogP contribution is -2.40. The van der Waals surface area contributed by atoms with Crippen molar-refractivity contribution in [1.82, 2.24) is 10.2 Å². The molecule has 1 fully saturated rings. The summed E-state index contributed by atoms with van der Waals surface area (Å²) in [4.78, 5) is 14.8. The van der Waals surface area contributed by atoms with E-state index in [1.54, 1.807) is 0 Å². The van der Waals surface area contributed by atoms with Gasteiger partial charge in [0.05, 0.1) is 0 Å². The fourth-order valence-corrected chi connectivity index (χ4v) is 3.91. The zero-order valence-electron chi connectivity index (χ0n) is 15.0. The third-order valence-electron chi connectivity index (χ3n) is 5.12. The number of hydrogen-bond acceptors (Lipinski definition) is 2. The van der Waals surface area contributed by atoms with Crippen LogP contribution in [0.15, 0.2) is 42.5 Å². The SMILES string of the molecule is Cc1ccccc1CNC(=O)C1CCN(Cc2c(Cl)cccc2Cl)CC1. The molecule has 1 N–H and O–H groups in total. The average Bonchev–Trinajstić information content (AvgIpc) is 2.64. The summed E-state index contributed by atoms with van der Waals surface area (Å²) in [6.45, 7) is 5.16. The van der Waals surface area contributed by atoms with E-state index in [1.807, 2.05) is 30.3 Å². The molecule has 0 radical (unpaired) electrons. The number of nitrogens with one attached hydrogen (secondary N) is 1. The summed E-state index contributed by atoms with van der Waals surface area (Å²) in [5.74, 6) is 0.237. The maximum atomic E-state index is 12.5. The highest BCUT2D eigenvalue weighted by atomic mass is 35.5. The molecule has 138 valence electrons. The number of piperidine rings is 1. The van der Waals surface area contributed by atoms with Crippen molar-refractivity contribution in [2.75, 3.05) is 13.1 Å². The maximum Gasteiger partial charge on any atom is 0.223 e. The summed E-state index contributed by atoms with van der Waals surface area (Å²) >= 11 is 12.5. The van der Waals surface area contributed by atoms with Gasteiger partial charge in [-0.2, -0.15) is 0 Å². The summed E-state index contributed by atoms with van der Waals surface area (Å²) in [5.41, 5.74) is 3.35. The van der Waals surface area contributed by atoms with Crippen LogP contribution in [0.2, 0.25) is 10.0 Å². The van der Waals surface area contributed by atoms with Gasteiger partial charge >= 0.3 is 0 Å². The van der Waals surface area contributed by atoms with Crippen molar-refractivity contribution < 1.29 is 4.79 Å². The monoisotopic (exact) mass is 390 g/mol. The fraction of sp³-hybridized carbons (Fsp3) is 0.381. The molecule has 0 saturated carbocycles. The molecule has 0 spiro atoms. The van der Waals surface area contributed by atoms with E-state index >= 15 is 0 Å². The Morgan fingerprint density at radius 1 is 1.08 bits per heavy atom. The lowest BCUT2D eigenvalue weighted by Gasteiger charge is -2.31. The number of carbonyl (C=O) groups excluding carboxylic acids is 1. The molecular weight excluding hydrogens is 367 g/mol. The number of likely N-dealkylation sites (tertiary alicyclic amines) is 1. The lowest BCUT2D eigenvalue weighted by molar-refractivity contribution is -0.126. The number of nitrogens with zero attached hydrogens (tertiary/aromatic N) is 1. The first-order valence-electron chi connectivity index (χ1n) is 9.02. The molecule has 1 heterocycles. The molecular formula is C21H24Cl2N2O. The van der Waals surface area contributed by atoms with Crippen LogP contribution in [0, 0.1) is 12.8 Å². The second-order valence-electron chi connectivity index (χ2n) is 6.89. The highest BCUT2D eigenvalue weighted by Crippen LogP contribution is 2.27. The molecule has 26 heavy (non-hydrogen) atoms. The van der Waals surface area contributed by atoms with E-state index in [9.17, 15) is 4.79 Å². The van der Waals surface area contributed by atoms with Crippen LogP contribution < -0.4 is 5.32 Å². The van der Waals surface area contributed by atoms with Crippen molar-refractivity contribution in [3.63, 3.8) is 0 Å². The molecule has 0 unspecified atom stereocenters. The molecule has 2 aromatic carbocycles. The van der Waals surface area contributed by atoms with E-state index in [2.05, 4.69) is 29.3 Å². The van der Waals surface area contributed by atoms with Gasteiger partial charge in [-0.1, -0.05) is 53.5 Å². The molecule has 3 nitrogen and oxygen atoms in total. The van der Waals surface area contributed by atoms with Gasteiger partial charge in [-0.05, 0) is 56.1 Å². The second kappa shape index (κ2) is 8.90. The Balaban J connectivity index is 1.49. The van der Waals surface area contributed by atoms with Crippen LogP contribution in [-0.2, 0) is 17.9 Å². The number of aryl methyl sites for hydroxylation is 1.